The van der Waals surface area contributed by atoms with E-state index in [1.807, 2.05) is 58.0 Å². The number of phenols is 4. The maximum Gasteiger partial charge on any atom is 0.201 e. The average molecular weight is 406 g/mol. The van der Waals surface area contributed by atoms with Gasteiger partial charge in [-0.25, -0.2) is 0 Å². The number of benzene rings is 3. The zero-order chi connectivity index (χ0) is 21.7. The number of ether oxygens (including phenoxy) is 1. The molecule has 0 spiro atoms. The van der Waals surface area contributed by atoms with E-state index in [0.29, 0.717) is 23.3 Å². The fraction of sp³-hybridized carbons (Fsp3) is 0.280. The third-order valence-corrected chi connectivity index (χ3v) is 5.75. The lowest BCUT2D eigenvalue weighted by atomic mass is 9.90. The zero-order valence-electron chi connectivity index (χ0n) is 17.5. The number of rotatable bonds is 3. The Morgan fingerprint density at radius 3 is 2.40 bits per heavy atom. The second-order valence-electron chi connectivity index (χ2n) is 8.37. The van der Waals surface area contributed by atoms with Gasteiger partial charge in [-0.15, -0.1) is 0 Å². The normalized spacial score (nSPS) is 15.8. The second-order valence-corrected chi connectivity index (χ2v) is 8.37. The highest BCUT2D eigenvalue weighted by Crippen LogP contribution is 2.51. The fourth-order valence-electron chi connectivity index (χ4n) is 4.11. The molecule has 0 amide bonds. The van der Waals surface area contributed by atoms with Gasteiger partial charge in [0.25, 0.3) is 0 Å². The Labute approximate surface area is 175 Å². The highest BCUT2D eigenvalue weighted by atomic mass is 16.5. The first-order chi connectivity index (χ1) is 14.2. The van der Waals surface area contributed by atoms with Crippen LogP contribution in [-0.2, 0) is 6.42 Å². The van der Waals surface area contributed by atoms with E-state index in [-0.39, 0.29) is 29.3 Å². The molecule has 0 saturated carbocycles. The van der Waals surface area contributed by atoms with Crippen LogP contribution in [0.25, 0.3) is 22.4 Å². The van der Waals surface area contributed by atoms with E-state index >= 15 is 0 Å². The molecule has 1 heterocycles. The molecule has 5 heteroatoms. The molecular weight excluding hydrogens is 380 g/mol. The molecule has 0 fully saturated rings. The number of fused-ring (bicyclic) bond motifs is 2. The molecule has 156 valence electrons. The second kappa shape index (κ2) is 7.17. The molecule has 3 aromatic rings. The van der Waals surface area contributed by atoms with Gasteiger partial charge in [0.1, 0.15) is 17.6 Å². The summed E-state index contributed by atoms with van der Waals surface area (Å²) in [5, 5.41) is 43.1. The van der Waals surface area contributed by atoms with Crippen molar-refractivity contribution in [3.8, 4) is 28.7 Å². The molecule has 5 nitrogen and oxygen atoms in total. The summed E-state index contributed by atoms with van der Waals surface area (Å²) in [6, 6.07) is 9.48. The Bertz CT molecular complexity index is 1190. The van der Waals surface area contributed by atoms with E-state index < -0.39 is 5.75 Å². The van der Waals surface area contributed by atoms with Crippen molar-refractivity contribution in [3.63, 3.8) is 0 Å². The molecule has 0 aromatic heterocycles. The summed E-state index contributed by atoms with van der Waals surface area (Å²) >= 11 is 0. The molecular formula is C25H26O5. The van der Waals surface area contributed by atoms with Crippen LogP contribution in [0.15, 0.2) is 30.3 Å². The molecule has 4 rings (SSSR count). The van der Waals surface area contributed by atoms with Crippen molar-refractivity contribution in [1.82, 2.24) is 0 Å². The van der Waals surface area contributed by atoms with Crippen LogP contribution in [0, 0.1) is 12.8 Å². The van der Waals surface area contributed by atoms with Gasteiger partial charge in [0, 0.05) is 11.1 Å². The first-order valence-corrected chi connectivity index (χ1v) is 10.1. The predicted octanol–water partition coefficient (Wildman–Crippen LogP) is 5.49. The zero-order valence-corrected chi connectivity index (χ0v) is 17.5. The predicted molar refractivity (Wildman–Crippen MR) is 118 cm³/mol. The molecule has 1 aliphatic heterocycles. The van der Waals surface area contributed by atoms with Crippen molar-refractivity contribution in [2.45, 2.75) is 40.2 Å². The minimum absolute atomic E-state index is 0.230. The van der Waals surface area contributed by atoms with Crippen molar-refractivity contribution >= 4 is 22.4 Å². The number of aryl methyl sites for hydroxylation is 1. The number of aromatic hydroxyl groups is 4. The highest BCUT2D eigenvalue weighted by molar-refractivity contribution is 5.95. The molecule has 0 radical (unpaired) electrons. The van der Waals surface area contributed by atoms with Crippen LogP contribution in [0.5, 0.6) is 28.7 Å². The summed E-state index contributed by atoms with van der Waals surface area (Å²) in [5.41, 5.74) is 3.47. The molecule has 0 bridgehead atoms. The van der Waals surface area contributed by atoms with Gasteiger partial charge in [0.2, 0.25) is 5.75 Å². The Kier molecular flexibility index (Phi) is 4.77. The van der Waals surface area contributed by atoms with E-state index in [1.165, 1.54) is 0 Å². The van der Waals surface area contributed by atoms with Crippen molar-refractivity contribution in [2.24, 2.45) is 5.92 Å². The van der Waals surface area contributed by atoms with Crippen LogP contribution in [0.4, 0.5) is 0 Å². The van der Waals surface area contributed by atoms with Crippen molar-refractivity contribution in [1.29, 1.82) is 0 Å². The third-order valence-electron chi connectivity index (χ3n) is 5.75. The van der Waals surface area contributed by atoms with E-state index in [9.17, 15) is 20.4 Å². The third kappa shape index (κ3) is 3.11. The maximum atomic E-state index is 10.5. The summed E-state index contributed by atoms with van der Waals surface area (Å²) in [6.07, 6.45) is 2.01. The fourth-order valence-corrected chi connectivity index (χ4v) is 4.11. The van der Waals surface area contributed by atoms with Crippen LogP contribution in [0.1, 0.15) is 43.0 Å². The van der Waals surface area contributed by atoms with Gasteiger partial charge in [0.05, 0.1) is 5.56 Å². The summed E-state index contributed by atoms with van der Waals surface area (Å²) in [6.45, 7) is 7.82. The smallest absolute Gasteiger partial charge is 0.201 e. The van der Waals surface area contributed by atoms with Gasteiger partial charge in [-0.3, -0.25) is 0 Å². The number of phenolic OH excluding ortho intramolecular Hbond substituents is 4. The van der Waals surface area contributed by atoms with Gasteiger partial charge in [-0.2, -0.15) is 0 Å². The Morgan fingerprint density at radius 1 is 0.967 bits per heavy atom. The molecule has 4 N–H and O–H groups in total. The van der Waals surface area contributed by atoms with Gasteiger partial charge in [-0.1, -0.05) is 32.0 Å². The molecule has 1 aliphatic rings. The maximum absolute atomic E-state index is 10.5. The van der Waals surface area contributed by atoms with E-state index in [1.54, 1.807) is 6.07 Å². The van der Waals surface area contributed by atoms with Gasteiger partial charge >= 0.3 is 0 Å². The summed E-state index contributed by atoms with van der Waals surface area (Å²) in [7, 11) is 0. The van der Waals surface area contributed by atoms with Crippen LogP contribution in [0.2, 0.25) is 0 Å². The molecule has 30 heavy (non-hydrogen) atoms. The Balaban J connectivity index is 1.90. The average Bonchev–Trinajstić information content (AvgIpc) is 2.71. The molecule has 1 atom stereocenters. The van der Waals surface area contributed by atoms with Crippen LogP contribution in [-0.4, -0.2) is 26.5 Å². The molecule has 0 saturated heterocycles. The van der Waals surface area contributed by atoms with E-state index in [2.05, 4.69) is 0 Å². The van der Waals surface area contributed by atoms with E-state index in [0.717, 1.165) is 27.5 Å². The summed E-state index contributed by atoms with van der Waals surface area (Å²) in [4.78, 5) is 0. The van der Waals surface area contributed by atoms with Crippen LogP contribution >= 0.6 is 0 Å². The monoisotopic (exact) mass is 406 g/mol. The topological polar surface area (TPSA) is 90.2 Å². The minimum atomic E-state index is -0.525. The first kappa shape index (κ1) is 20.0. The van der Waals surface area contributed by atoms with E-state index in [4.69, 9.17) is 4.74 Å². The summed E-state index contributed by atoms with van der Waals surface area (Å²) < 4.78 is 6.16. The quantitative estimate of drug-likeness (QED) is 0.432. The highest BCUT2D eigenvalue weighted by Gasteiger charge is 2.30. The lowest BCUT2D eigenvalue weighted by molar-refractivity contribution is 0.264. The summed E-state index contributed by atoms with van der Waals surface area (Å²) in [5.74, 6) is -0.341. The Hall–Kier alpha value is -3.34. The SMILES string of the molecule is Cc1c(O)ccc2cc(C3=Cc4c(O)c(O)c(O)c(CC(C)C)c4OC3C)ccc12. The van der Waals surface area contributed by atoms with Crippen molar-refractivity contribution in [2.75, 3.05) is 0 Å². The largest absolute Gasteiger partial charge is 0.508 e. The lowest BCUT2D eigenvalue weighted by Crippen LogP contribution is -2.19. The van der Waals surface area contributed by atoms with Gasteiger partial charge in [0.15, 0.2) is 11.5 Å². The molecule has 0 aliphatic carbocycles. The Morgan fingerprint density at radius 2 is 1.70 bits per heavy atom. The molecule has 3 aromatic carbocycles. The van der Waals surface area contributed by atoms with Crippen LogP contribution in [0.3, 0.4) is 0 Å². The lowest BCUT2D eigenvalue weighted by Gasteiger charge is -2.28. The number of hydrogen-bond donors (Lipinski definition) is 4. The van der Waals surface area contributed by atoms with Gasteiger partial charge < -0.3 is 25.2 Å². The first-order valence-electron chi connectivity index (χ1n) is 10.1. The molecule has 1 unspecified atom stereocenters. The van der Waals surface area contributed by atoms with Crippen LogP contribution < -0.4 is 4.74 Å². The van der Waals surface area contributed by atoms with Crippen molar-refractivity contribution in [3.05, 3.63) is 52.6 Å². The minimum Gasteiger partial charge on any atom is -0.508 e. The van der Waals surface area contributed by atoms with Crippen molar-refractivity contribution < 1.29 is 25.2 Å². The number of hydrogen-bond acceptors (Lipinski definition) is 5. The van der Waals surface area contributed by atoms with Gasteiger partial charge in [-0.05, 0) is 66.3 Å². The standard InChI is InChI=1S/C25H26O5/c1-12(2)9-19-22(27)24(29)23(28)20-11-18(14(4)30-25(19)20)16-5-7-17-13(3)21(26)8-6-15(17)10-16/h5-8,10-12,14,26-29H,9H2,1-4H3.